The SMILES string of the molecule is CNCc1noc(-c2cc(F)c(F)cc2[N+](=O)[O-])n1. The molecule has 0 aliphatic heterocycles. The molecule has 0 spiro atoms. The van der Waals surface area contributed by atoms with E-state index in [0.717, 1.165) is 0 Å². The van der Waals surface area contributed by atoms with Crippen molar-refractivity contribution in [2.75, 3.05) is 7.05 Å². The first kappa shape index (κ1) is 13.0. The highest BCUT2D eigenvalue weighted by molar-refractivity contribution is 5.66. The number of benzene rings is 1. The smallest absolute Gasteiger partial charge is 0.285 e. The Bertz CT molecular complexity index is 629. The third-order valence-electron chi connectivity index (χ3n) is 2.27. The Balaban J connectivity index is 2.53. The second kappa shape index (κ2) is 5.06. The Morgan fingerprint density at radius 3 is 2.74 bits per heavy atom. The second-order valence-corrected chi connectivity index (χ2v) is 3.59. The van der Waals surface area contributed by atoms with E-state index in [4.69, 9.17) is 4.52 Å². The molecule has 19 heavy (non-hydrogen) atoms. The molecule has 100 valence electrons. The van der Waals surface area contributed by atoms with Gasteiger partial charge in [0.1, 0.15) is 5.56 Å². The van der Waals surface area contributed by atoms with Crippen LogP contribution in [0.25, 0.3) is 11.5 Å². The van der Waals surface area contributed by atoms with Gasteiger partial charge in [0.05, 0.1) is 17.5 Å². The largest absolute Gasteiger partial charge is 0.334 e. The highest BCUT2D eigenvalue weighted by Crippen LogP contribution is 2.30. The molecule has 0 aliphatic carbocycles. The van der Waals surface area contributed by atoms with Crippen molar-refractivity contribution in [2.45, 2.75) is 6.54 Å². The van der Waals surface area contributed by atoms with Crippen molar-refractivity contribution >= 4 is 5.69 Å². The van der Waals surface area contributed by atoms with Crippen LogP contribution < -0.4 is 5.32 Å². The maximum Gasteiger partial charge on any atom is 0.285 e. The minimum Gasteiger partial charge on any atom is -0.334 e. The summed E-state index contributed by atoms with van der Waals surface area (Å²) >= 11 is 0. The molecule has 0 radical (unpaired) electrons. The first-order chi connectivity index (χ1) is 9.02. The van der Waals surface area contributed by atoms with Crippen LogP contribution in [0.4, 0.5) is 14.5 Å². The van der Waals surface area contributed by atoms with Crippen LogP contribution in [0.15, 0.2) is 16.7 Å². The van der Waals surface area contributed by atoms with Crippen molar-refractivity contribution in [1.29, 1.82) is 0 Å². The van der Waals surface area contributed by atoms with Gasteiger partial charge in [-0.15, -0.1) is 0 Å². The van der Waals surface area contributed by atoms with E-state index in [1.165, 1.54) is 0 Å². The van der Waals surface area contributed by atoms with E-state index >= 15 is 0 Å². The maximum absolute atomic E-state index is 13.2. The lowest BCUT2D eigenvalue weighted by Gasteiger charge is -1.99. The molecule has 0 saturated heterocycles. The lowest BCUT2D eigenvalue weighted by Crippen LogP contribution is -2.06. The molecule has 0 unspecified atom stereocenters. The zero-order valence-electron chi connectivity index (χ0n) is 9.68. The fourth-order valence-corrected chi connectivity index (χ4v) is 1.45. The Hall–Kier alpha value is -2.42. The number of nitro benzene ring substituents is 1. The van der Waals surface area contributed by atoms with Crippen molar-refractivity contribution in [1.82, 2.24) is 15.5 Å². The number of aromatic nitrogens is 2. The molecule has 1 aromatic heterocycles. The van der Waals surface area contributed by atoms with E-state index in [1.54, 1.807) is 7.05 Å². The van der Waals surface area contributed by atoms with Gasteiger partial charge in [0.15, 0.2) is 17.5 Å². The van der Waals surface area contributed by atoms with E-state index in [0.29, 0.717) is 12.1 Å². The van der Waals surface area contributed by atoms with Gasteiger partial charge in [0.2, 0.25) is 0 Å². The predicted molar refractivity (Wildman–Crippen MR) is 59.1 cm³/mol. The molecule has 2 rings (SSSR count). The van der Waals surface area contributed by atoms with E-state index in [2.05, 4.69) is 15.5 Å². The Morgan fingerprint density at radius 2 is 2.11 bits per heavy atom. The van der Waals surface area contributed by atoms with Gasteiger partial charge < -0.3 is 9.84 Å². The van der Waals surface area contributed by atoms with Crippen LogP contribution in [0.3, 0.4) is 0 Å². The fraction of sp³-hybridized carbons (Fsp3) is 0.200. The van der Waals surface area contributed by atoms with Gasteiger partial charge in [-0.3, -0.25) is 10.1 Å². The fourth-order valence-electron chi connectivity index (χ4n) is 1.45. The third kappa shape index (κ3) is 2.55. The average Bonchev–Trinajstić information content (AvgIpc) is 2.81. The number of nitro groups is 1. The second-order valence-electron chi connectivity index (χ2n) is 3.59. The van der Waals surface area contributed by atoms with Crippen LogP contribution in [0, 0.1) is 21.7 Å². The molecule has 0 aliphatic rings. The molecule has 7 nitrogen and oxygen atoms in total. The summed E-state index contributed by atoms with van der Waals surface area (Å²) < 4.78 is 31.0. The predicted octanol–water partition coefficient (Wildman–Crippen LogP) is 1.64. The molecule has 0 fully saturated rings. The monoisotopic (exact) mass is 270 g/mol. The molecular formula is C10H8F2N4O3. The topological polar surface area (TPSA) is 94.1 Å². The Kier molecular flexibility index (Phi) is 3.47. The van der Waals surface area contributed by atoms with E-state index < -0.39 is 22.2 Å². The van der Waals surface area contributed by atoms with Crippen LogP contribution in [0.2, 0.25) is 0 Å². The lowest BCUT2D eigenvalue weighted by atomic mass is 10.1. The van der Waals surface area contributed by atoms with Crippen LogP contribution in [-0.4, -0.2) is 22.1 Å². The van der Waals surface area contributed by atoms with Gasteiger partial charge in [-0.25, -0.2) is 8.78 Å². The molecule has 1 aromatic carbocycles. The van der Waals surface area contributed by atoms with Gasteiger partial charge in [-0.2, -0.15) is 4.98 Å². The van der Waals surface area contributed by atoms with Crippen LogP contribution in [-0.2, 0) is 6.54 Å². The molecule has 9 heteroatoms. The maximum atomic E-state index is 13.2. The standard InChI is InChI=1S/C10H8F2N4O3/c1-13-4-9-14-10(19-15-9)5-2-6(11)7(12)3-8(5)16(17)18/h2-3,13H,4H2,1H3. The van der Waals surface area contributed by atoms with E-state index in [1.807, 2.05) is 0 Å². The highest BCUT2D eigenvalue weighted by Gasteiger charge is 2.24. The summed E-state index contributed by atoms with van der Waals surface area (Å²) in [6, 6.07) is 1.14. The first-order valence-electron chi connectivity index (χ1n) is 5.14. The summed E-state index contributed by atoms with van der Waals surface area (Å²) in [5.41, 5.74) is -0.905. The van der Waals surface area contributed by atoms with Crippen molar-refractivity contribution in [2.24, 2.45) is 0 Å². The molecule has 0 atom stereocenters. The molecular weight excluding hydrogens is 262 g/mol. The third-order valence-corrected chi connectivity index (χ3v) is 2.27. The summed E-state index contributed by atoms with van der Waals surface area (Å²) in [5, 5.41) is 17.1. The summed E-state index contributed by atoms with van der Waals surface area (Å²) in [6.07, 6.45) is 0. The molecule has 0 saturated carbocycles. The number of hydrogen-bond acceptors (Lipinski definition) is 6. The summed E-state index contributed by atoms with van der Waals surface area (Å²) in [6.45, 7) is 0.279. The van der Waals surface area contributed by atoms with Crippen molar-refractivity contribution in [3.63, 3.8) is 0 Å². The van der Waals surface area contributed by atoms with Gasteiger partial charge in [-0.1, -0.05) is 5.16 Å². The van der Waals surface area contributed by atoms with E-state index in [9.17, 15) is 18.9 Å². The lowest BCUT2D eigenvalue weighted by molar-refractivity contribution is -0.384. The number of hydrogen-bond donors (Lipinski definition) is 1. The Labute approximate surface area is 105 Å². The first-order valence-corrected chi connectivity index (χ1v) is 5.14. The average molecular weight is 270 g/mol. The summed E-state index contributed by atoms with van der Waals surface area (Å²) in [5.74, 6) is -2.54. The van der Waals surface area contributed by atoms with Crippen molar-refractivity contribution in [3.8, 4) is 11.5 Å². The minimum absolute atomic E-state index is 0.240. The van der Waals surface area contributed by atoms with E-state index in [-0.39, 0.29) is 23.8 Å². The zero-order valence-corrected chi connectivity index (χ0v) is 9.68. The number of rotatable bonds is 4. The van der Waals surface area contributed by atoms with Crippen molar-refractivity contribution < 1.29 is 18.2 Å². The quantitative estimate of drug-likeness (QED) is 0.670. The van der Waals surface area contributed by atoms with Gasteiger partial charge in [0, 0.05) is 0 Å². The van der Waals surface area contributed by atoms with Gasteiger partial charge in [0.25, 0.3) is 11.6 Å². The minimum atomic E-state index is -1.31. The summed E-state index contributed by atoms with van der Waals surface area (Å²) in [4.78, 5) is 13.8. The molecule has 1 heterocycles. The highest BCUT2D eigenvalue weighted by atomic mass is 19.2. The number of halogens is 2. The van der Waals surface area contributed by atoms with Crippen LogP contribution in [0.1, 0.15) is 5.82 Å². The van der Waals surface area contributed by atoms with Crippen molar-refractivity contribution in [3.05, 3.63) is 39.7 Å². The molecule has 2 aromatic rings. The molecule has 0 bridgehead atoms. The van der Waals surface area contributed by atoms with Crippen LogP contribution >= 0.6 is 0 Å². The molecule has 0 amide bonds. The Morgan fingerprint density at radius 1 is 1.42 bits per heavy atom. The normalized spacial score (nSPS) is 10.7. The number of nitrogens with one attached hydrogen (secondary N) is 1. The molecule has 1 N–H and O–H groups in total. The van der Waals surface area contributed by atoms with Gasteiger partial charge in [-0.05, 0) is 13.1 Å². The summed E-state index contributed by atoms with van der Waals surface area (Å²) in [7, 11) is 1.65. The van der Waals surface area contributed by atoms with Gasteiger partial charge >= 0.3 is 0 Å². The number of nitrogens with zero attached hydrogens (tertiary/aromatic N) is 3. The zero-order chi connectivity index (χ0) is 14.0. The van der Waals surface area contributed by atoms with Crippen LogP contribution in [0.5, 0.6) is 0 Å².